The Hall–Kier alpha value is -2.49. The topological polar surface area (TPSA) is 47.6 Å². The number of amides is 1. The van der Waals surface area contributed by atoms with Crippen molar-refractivity contribution in [2.75, 3.05) is 13.2 Å². The van der Waals surface area contributed by atoms with Crippen LogP contribution in [0.1, 0.15) is 49.4 Å². The van der Waals surface area contributed by atoms with Crippen LogP contribution in [0.2, 0.25) is 0 Å². The molecule has 1 heterocycles. The van der Waals surface area contributed by atoms with Crippen LogP contribution in [0, 0.1) is 0 Å². The van der Waals surface area contributed by atoms with Gasteiger partial charge < -0.3 is 14.8 Å². The predicted molar refractivity (Wildman–Crippen MR) is 101 cm³/mol. The van der Waals surface area contributed by atoms with Crippen LogP contribution in [0.25, 0.3) is 0 Å². The third-order valence-electron chi connectivity index (χ3n) is 5.43. The number of carbonyl (C=O) groups excluding carboxylic acids is 1. The Labute approximate surface area is 154 Å². The summed E-state index contributed by atoms with van der Waals surface area (Å²) in [5.74, 6) is 1.52. The fraction of sp³-hybridized carbons (Fsp3) is 0.409. The van der Waals surface area contributed by atoms with Crippen molar-refractivity contribution in [1.82, 2.24) is 5.32 Å². The van der Waals surface area contributed by atoms with Crippen LogP contribution in [0.3, 0.4) is 0 Å². The highest BCUT2D eigenvalue weighted by atomic mass is 16.6. The van der Waals surface area contributed by atoms with Gasteiger partial charge in [0.05, 0.1) is 12.5 Å². The fourth-order valence-corrected chi connectivity index (χ4v) is 3.99. The molecule has 1 amide bonds. The van der Waals surface area contributed by atoms with E-state index in [2.05, 4.69) is 43.4 Å². The summed E-state index contributed by atoms with van der Waals surface area (Å²) in [5, 5.41) is 3.23. The van der Waals surface area contributed by atoms with Crippen LogP contribution in [0.4, 0.5) is 0 Å². The van der Waals surface area contributed by atoms with Gasteiger partial charge in [0.15, 0.2) is 11.5 Å². The van der Waals surface area contributed by atoms with Gasteiger partial charge in [0.1, 0.15) is 13.2 Å². The molecule has 1 aliphatic carbocycles. The first-order valence-corrected chi connectivity index (χ1v) is 9.30. The average Bonchev–Trinajstić information content (AvgIpc) is 2.64. The van der Waals surface area contributed by atoms with Crippen molar-refractivity contribution in [3.63, 3.8) is 0 Å². The van der Waals surface area contributed by atoms with Gasteiger partial charge in [-0.3, -0.25) is 4.79 Å². The molecule has 136 valence electrons. The molecule has 2 aromatic carbocycles. The molecule has 0 radical (unpaired) electrons. The SMILES string of the molecule is CC1(C)CCC(NC(=O)Cc2ccc3c(c2)OCCO3)c2ccccc21. The van der Waals surface area contributed by atoms with E-state index < -0.39 is 0 Å². The molecule has 4 heteroatoms. The second-order valence-corrected chi connectivity index (χ2v) is 7.78. The molecule has 4 nitrogen and oxygen atoms in total. The van der Waals surface area contributed by atoms with Gasteiger partial charge in [-0.05, 0) is 47.1 Å². The maximum absolute atomic E-state index is 12.6. The van der Waals surface area contributed by atoms with Crippen molar-refractivity contribution in [1.29, 1.82) is 0 Å². The zero-order valence-corrected chi connectivity index (χ0v) is 15.4. The first-order valence-electron chi connectivity index (χ1n) is 9.30. The van der Waals surface area contributed by atoms with Gasteiger partial charge in [-0.15, -0.1) is 0 Å². The lowest BCUT2D eigenvalue weighted by Crippen LogP contribution is -2.36. The van der Waals surface area contributed by atoms with Crippen LogP contribution in [-0.4, -0.2) is 19.1 Å². The Morgan fingerprint density at radius 1 is 1.12 bits per heavy atom. The van der Waals surface area contributed by atoms with Gasteiger partial charge in [-0.2, -0.15) is 0 Å². The highest BCUT2D eigenvalue weighted by molar-refractivity contribution is 5.79. The summed E-state index contributed by atoms with van der Waals surface area (Å²) in [7, 11) is 0. The lowest BCUT2D eigenvalue weighted by atomic mass is 9.71. The molecular formula is C22H25NO3. The van der Waals surface area contributed by atoms with Crippen molar-refractivity contribution in [2.24, 2.45) is 0 Å². The van der Waals surface area contributed by atoms with Crippen molar-refractivity contribution in [3.8, 4) is 11.5 Å². The summed E-state index contributed by atoms with van der Waals surface area (Å²) in [6.07, 6.45) is 2.38. The van der Waals surface area contributed by atoms with Gasteiger partial charge in [0, 0.05) is 0 Å². The van der Waals surface area contributed by atoms with E-state index in [0.29, 0.717) is 19.6 Å². The molecule has 1 atom stereocenters. The largest absolute Gasteiger partial charge is 0.486 e. The van der Waals surface area contributed by atoms with E-state index in [-0.39, 0.29) is 17.4 Å². The van der Waals surface area contributed by atoms with E-state index in [4.69, 9.17) is 9.47 Å². The smallest absolute Gasteiger partial charge is 0.224 e. The molecule has 1 aliphatic heterocycles. The summed E-state index contributed by atoms with van der Waals surface area (Å²) in [6.45, 7) is 5.68. The summed E-state index contributed by atoms with van der Waals surface area (Å²) >= 11 is 0. The number of carbonyl (C=O) groups is 1. The number of benzene rings is 2. The molecule has 1 unspecified atom stereocenters. The molecule has 1 N–H and O–H groups in total. The predicted octanol–water partition coefficient (Wildman–Crippen LogP) is 3.93. The average molecular weight is 351 g/mol. The molecule has 2 aliphatic rings. The molecule has 0 saturated heterocycles. The summed E-state index contributed by atoms with van der Waals surface area (Å²) in [4.78, 5) is 12.6. The van der Waals surface area contributed by atoms with Gasteiger partial charge in [0.2, 0.25) is 5.91 Å². The van der Waals surface area contributed by atoms with Crippen LogP contribution >= 0.6 is 0 Å². The highest BCUT2D eigenvalue weighted by Crippen LogP contribution is 2.41. The molecule has 26 heavy (non-hydrogen) atoms. The van der Waals surface area contributed by atoms with Gasteiger partial charge >= 0.3 is 0 Å². The minimum absolute atomic E-state index is 0.0428. The number of ether oxygens (including phenoxy) is 2. The van der Waals surface area contributed by atoms with Crippen molar-refractivity contribution >= 4 is 5.91 Å². The quantitative estimate of drug-likeness (QED) is 0.911. The number of hydrogen-bond acceptors (Lipinski definition) is 3. The van der Waals surface area contributed by atoms with Crippen LogP contribution in [-0.2, 0) is 16.6 Å². The Morgan fingerprint density at radius 3 is 2.73 bits per heavy atom. The third-order valence-corrected chi connectivity index (χ3v) is 5.43. The van der Waals surface area contributed by atoms with Gasteiger partial charge in [0.25, 0.3) is 0 Å². The van der Waals surface area contributed by atoms with Gasteiger partial charge in [-0.1, -0.05) is 44.2 Å². The van der Waals surface area contributed by atoms with Crippen LogP contribution in [0.5, 0.6) is 11.5 Å². The first kappa shape index (κ1) is 17.0. The Balaban J connectivity index is 1.47. The number of fused-ring (bicyclic) bond motifs is 2. The lowest BCUT2D eigenvalue weighted by Gasteiger charge is -2.37. The minimum Gasteiger partial charge on any atom is -0.486 e. The normalized spacial score (nSPS) is 20.2. The highest BCUT2D eigenvalue weighted by Gasteiger charge is 2.32. The Morgan fingerprint density at radius 2 is 1.88 bits per heavy atom. The van der Waals surface area contributed by atoms with Crippen LogP contribution in [0.15, 0.2) is 42.5 Å². The van der Waals surface area contributed by atoms with Crippen molar-refractivity contribution in [2.45, 2.75) is 44.6 Å². The standard InChI is InChI=1S/C22H25NO3/c1-22(2)10-9-18(16-5-3-4-6-17(16)22)23-21(24)14-15-7-8-19-20(13-15)26-12-11-25-19/h3-8,13,18H,9-12,14H2,1-2H3,(H,23,24). The molecule has 0 aromatic heterocycles. The summed E-state index contributed by atoms with van der Waals surface area (Å²) in [5.41, 5.74) is 3.69. The summed E-state index contributed by atoms with van der Waals surface area (Å²) in [6, 6.07) is 14.3. The molecule has 0 fully saturated rings. The molecule has 0 bridgehead atoms. The molecule has 0 saturated carbocycles. The molecular weight excluding hydrogens is 326 g/mol. The maximum Gasteiger partial charge on any atom is 0.224 e. The van der Waals surface area contributed by atoms with E-state index in [1.807, 2.05) is 18.2 Å². The molecule has 2 aromatic rings. The van der Waals surface area contributed by atoms with Crippen LogP contribution < -0.4 is 14.8 Å². The number of hydrogen-bond donors (Lipinski definition) is 1. The molecule has 0 spiro atoms. The summed E-state index contributed by atoms with van der Waals surface area (Å²) < 4.78 is 11.1. The monoisotopic (exact) mass is 351 g/mol. The van der Waals surface area contributed by atoms with Gasteiger partial charge in [-0.25, -0.2) is 0 Å². The number of rotatable bonds is 3. The number of nitrogens with one attached hydrogen (secondary N) is 1. The van der Waals surface area contributed by atoms with E-state index in [1.165, 1.54) is 11.1 Å². The Bertz CT molecular complexity index is 828. The lowest BCUT2D eigenvalue weighted by molar-refractivity contribution is -0.121. The van der Waals surface area contributed by atoms with Crippen molar-refractivity contribution in [3.05, 3.63) is 59.2 Å². The minimum atomic E-state index is 0.0428. The zero-order valence-electron chi connectivity index (χ0n) is 15.4. The van der Waals surface area contributed by atoms with E-state index >= 15 is 0 Å². The maximum atomic E-state index is 12.6. The first-order chi connectivity index (χ1) is 12.5. The van der Waals surface area contributed by atoms with E-state index in [9.17, 15) is 4.79 Å². The third kappa shape index (κ3) is 3.28. The second kappa shape index (κ2) is 6.67. The van der Waals surface area contributed by atoms with E-state index in [0.717, 1.165) is 29.9 Å². The molecule has 4 rings (SSSR count). The fourth-order valence-electron chi connectivity index (χ4n) is 3.99. The second-order valence-electron chi connectivity index (χ2n) is 7.78. The van der Waals surface area contributed by atoms with Crippen molar-refractivity contribution < 1.29 is 14.3 Å². The zero-order chi connectivity index (χ0) is 18.1. The van der Waals surface area contributed by atoms with E-state index in [1.54, 1.807) is 0 Å². The Kier molecular flexibility index (Phi) is 4.35.